The quantitative estimate of drug-likeness (QED) is 0.335. The summed E-state index contributed by atoms with van der Waals surface area (Å²) in [6.07, 6.45) is -3.15. The molecule has 0 aromatic carbocycles. The van der Waals surface area contributed by atoms with Crippen molar-refractivity contribution in [3.05, 3.63) is 0 Å². The highest BCUT2D eigenvalue weighted by Crippen LogP contribution is 2.30. The summed E-state index contributed by atoms with van der Waals surface area (Å²) >= 11 is 0. The first-order chi connectivity index (χ1) is 5.54. The van der Waals surface area contributed by atoms with Gasteiger partial charge in [0.05, 0.1) is 12.6 Å². The van der Waals surface area contributed by atoms with Crippen molar-refractivity contribution in [2.45, 2.75) is 37.0 Å². The number of rotatable bonds is 0. The van der Waals surface area contributed by atoms with Gasteiger partial charge in [0.1, 0.15) is 24.0 Å². The molecule has 0 aromatic rings. The van der Waals surface area contributed by atoms with Gasteiger partial charge in [-0.15, -0.1) is 0 Å². The fourth-order valence-corrected chi connectivity index (χ4v) is 1.82. The molecule has 5 atom stereocenters. The van der Waals surface area contributed by atoms with Crippen LogP contribution in [0, 0.1) is 0 Å². The molecule has 2 aliphatic heterocycles. The fraction of sp³-hybridized carbons (Fsp3) is 1.00. The van der Waals surface area contributed by atoms with Gasteiger partial charge in [-0.25, -0.2) is 0 Å². The molecule has 0 radical (unpaired) electrons. The third-order valence-corrected chi connectivity index (χ3v) is 2.68. The average molecular weight is 175 g/mol. The molecule has 0 aliphatic carbocycles. The number of hydrogen-bond acceptors (Lipinski definition) is 5. The lowest BCUT2D eigenvalue weighted by atomic mass is 9.91. The second-order valence-electron chi connectivity index (χ2n) is 3.59. The van der Waals surface area contributed by atoms with Crippen molar-refractivity contribution in [2.24, 2.45) is 0 Å². The van der Waals surface area contributed by atoms with Crippen LogP contribution in [0.15, 0.2) is 0 Å². The summed E-state index contributed by atoms with van der Waals surface area (Å²) in [6.45, 7) is 1.98. The van der Waals surface area contributed by atoms with Crippen molar-refractivity contribution in [1.82, 2.24) is 5.32 Å². The SMILES string of the molecule is CC12NC(CO1)C(O)C(O)C2O. The molecule has 2 rings (SSSR count). The molecule has 5 heteroatoms. The molecule has 0 spiro atoms. The minimum atomic E-state index is -1.12. The Kier molecular flexibility index (Phi) is 1.68. The van der Waals surface area contributed by atoms with Gasteiger partial charge in [0, 0.05) is 0 Å². The number of nitrogens with one attached hydrogen (secondary N) is 1. The lowest BCUT2D eigenvalue weighted by molar-refractivity contribution is -0.167. The Morgan fingerprint density at radius 2 is 2.00 bits per heavy atom. The van der Waals surface area contributed by atoms with E-state index in [1.807, 2.05) is 0 Å². The second-order valence-corrected chi connectivity index (χ2v) is 3.59. The predicted octanol–water partition coefficient (Wildman–Crippen LogP) is -2.21. The van der Waals surface area contributed by atoms with E-state index in [9.17, 15) is 15.3 Å². The van der Waals surface area contributed by atoms with Gasteiger partial charge in [-0.2, -0.15) is 0 Å². The van der Waals surface area contributed by atoms with Gasteiger partial charge in [0.15, 0.2) is 0 Å². The van der Waals surface area contributed by atoms with Crippen molar-refractivity contribution in [3.8, 4) is 0 Å². The third-order valence-electron chi connectivity index (χ3n) is 2.68. The molecule has 0 amide bonds. The van der Waals surface area contributed by atoms with Crippen LogP contribution >= 0.6 is 0 Å². The summed E-state index contributed by atoms with van der Waals surface area (Å²) in [5, 5.41) is 31.2. The predicted molar refractivity (Wildman–Crippen MR) is 39.3 cm³/mol. The Morgan fingerprint density at radius 3 is 2.67 bits per heavy atom. The minimum absolute atomic E-state index is 0.270. The Labute approximate surface area is 70.0 Å². The summed E-state index contributed by atoms with van der Waals surface area (Å²) in [5.74, 6) is 0. The second kappa shape index (κ2) is 2.40. The van der Waals surface area contributed by atoms with Crippen LogP contribution in [-0.2, 0) is 4.74 Å². The summed E-state index contributed by atoms with van der Waals surface area (Å²) < 4.78 is 5.24. The fourth-order valence-electron chi connectivity index (χ4n) is 1.82. The maximum absolute atomic E-state index is 9.50. The third kappa shape index (κ3) is 0.915. The lowest BCUT2D eigenvalue weighted by Crippen LogP contribution is -2.66. The standard InChI is InChI=1S/C7H13NO4/c1-7-6(11)5(10)4(9)3(8-7)2-12-7/h3-6,8-11H,2H2,1H3. The van der Waals surface area contributed by atoms with Crippen LogP contribution in [0.2, 0.25) is 0 Å². The van der Waals surface area contributed by atoms with E-state index in [0.29, 0.717) is 6.61 Å². The molecule has 2 bridgehead atoms. The Hall–Kier alpha value is -0.200. The van der Waals surface area contributed by atoms with Crippen molar-refractivity contribution in [1.29, 1.82) is 0 Å². The van der Waals surface area contributed by atoms with Crippen LogP contribution in [0.5, 0.6) is 0 Å². The Morgan fingerprint density at radius 1 is 1.33 bits per heavy atom. The first-order valence-corrected chi connectivity index (χ1v) is 4.00. The average Bonchev–Trinajstić information content (AvgIpc) is 2.41. The van der Waals surface area contributed by atoms with Gasteiger partial charge in [-0.1, -0.05) is 0 Å². The number of fused-ring (bicyclic) bond motifs is 2. The van der Waals surface area contributed by atoms with Gasteiger partial charge in [0.2, 0.25) is 0 Å². The van der Waals surface area contributed by atoms with Crippen molar-refractivity contribution in [3.63, 3.8) is 0 Å². The molecule has 0 aromatic heterocycles. The van der Waals surface area contributed by atoms with Gasteiger partial charge in [-0.3, -0.25) is 5.32 Å². The highest BCUT2D eigenvalue weighted by molar-refractivity contribution is 5.05. The van der Waals surface area contributed by atoms with E-state index in [1.54, 1.807) is 6.92 Å². The summed E-state index contributed by atoms with van der Waals surface area (Å²) in [7, 11) is 0. The van der Waals surface area contributed by atoms with Crippen LogP contribution in [0.25, 0.3) is 0 Å². The zero-order chi connectivity index (χ0) is 8.93. The van der Waals surface area contributed by atoms with E-state index in [1.165, 1.54) is 0 Å². The van der Waals surface area contributed by atoms with Crippen LogP contribution in [0.4, 0.5) is 0 Å². The van der Waals surface area contributed by atoms with Gasteiger partial charge < -0.3 is 20.1 Å². The lowest BCUT2D eigenvalue weighted by Gasteiger charge is -2.39. The Bertz CT molecular complexity index is 200. The monoisotopic (exact) mass is 175 g/mol. The summed E-state index contributed by atoms with van der Waals surface area (Å²) in [6, 6.07) is -0.270. The maximum atomic E-state index is 9.50. The van der Waals surface area contributed by atoms with E-state index >= 15 is 0 Å². The van der Waals surface area contributed by atoms with E-state index in [-0.39, 0.29) is 6.04 Å². The van der Waals surface area contributed by atoms with E-state index in [0.717, 1.165) is 0 Å². The van der Waals surface area contributed by atoms with Crippen molar-refractivity contribution >= 4 is 0 Å². The molecule has 4 N–H and O–H groups in total. The molecule has 70 valence electrons. The molecule has 5 unspecified atom stereocenters. The van der Waals surface area contributed by atoms with E-state index < -0.39 is 24.0 Å². The molecule has 2 saturated heterocycles. The normalized spacial score (nSPS) is 59.0. The Balaban J connectivity index is 2.25. The van der Waals surface area contributed by atoms with Gasteiger partial charge >= 0.3 is 0 Å². The first-order valence-electron chi connectivity index (χ1n) is 4.00. The zero-order valence-electron chi connectivity index (χ0n) is 6.77. The zero-order valence-corrected chi connectivity index (χ0v) is 6.77. The minimum Gasteiger partial charge on any atom is -0.389 e. The highest BCUT2D eigenvalue weighted by Gasteiger charge is 2.54. The number of aliphatic hydroxyl groups is 3. The number of piperidine rings is 1. The molecule has 2 fully saturated rings. The summed E-state index contributed by atoms with van der Waals surface area (Å²) in [4.78, 5) is 0. The smallest absolute Gasteiger partial charge is 0.145 e. The van der Waals surface area contributed by atoms with Crippen molar-refractivity contribution < 1.29 is 20.1 Å². The van der Waals surface area contributed by atoms with Crippen LogP contribution in [-0.4, -0.2) is 52.0 Å². The largest absolute Gasteiger partial charge is 0.389 e. The molecule has 5 nitrogen and oxygen atoms in total. The first kappa shape index (κ1) is 8.40. The molecule has 2 heterocycles. The topological polar surface area (TPSA) is 82.0 Å². The van der Waals surface area contributed by atoms with E-state index in [4.69, 9.17) is 4.74 Å². The van der Waals surface area contributed by atoms with E-state index in [2.05, 4.69) is 5.32 Å². The number of hydrogen-bond donors (Lipinski definition) is 4. The highest BCUT2D eigenvalue weighted by atomic mass is 16.5. The number of aliphatic hydroxyl groups excluding tert-OH is 3. The molecule has 12 heavy (non-hydrogen) atoms. The summed E-state index contributed by atoms with van der Waals surface area (Å²) in [5.41, 5.74) is -0.899. The molecular formula is C7H13NO4. The number of ether oxygens (including phenoxy) is 1. The van der Waals surface area contributed by atoms with Gasteiger partial charge in [-0.05, 0) is 6.92 Å². The maximum Gasteiger partial charge on any atom is 0.145 e. The van der Waals surface area contributed by atoms with Crippen LogP contribution in [0.3, 0.4) is 0 Å². The van der Waals surface area contributed by atoms with Gasteiger partial charge in [0.25, 0.3) is 0 Å². The molecule has 0 saturated carbocycles. The van der Waals surface area contributed by atoms with Crippen LogP contribution in [0.1, 0.15) is 6.92 Å². The van der Waals surface area contributed by atoms with Crippen LogP contribution < -0.4 is 5.32 Å². The molecule has 2 aliphatic rings. The molecular weight excluding hydrogens is 162 g/mol. The van der Waals surface area contributed by atoms with Crippen molar-refractivity contribution in [2.75, 3.05) is 6.61 Å².